The number of fused-ring (bicyclic) bond motifs is 2. The van der Waals surface area contributed by atoms with E-state index >= 15 is 0 Å². The van der Waals surface area contributed by atoms with Crippen molar-refractivity contribution in [3.05, 3.63) is 0 Å². The molecule has 0 spiro atoms. The summed E-state index contributed by atoms with van der Waals surface area (Å²) in [6, 6.07) is 0.252. The third-order valence-electron chi connectivity index (χ3n) is 4.46. The number of carbonyl (C=O) groups is 1. The molecule has 0 aromatic carbocycles. The fourth-order valence-corrected chi connectivity index (χ4v) is 3.46. The zero-order valence-electron chi connectivity index (χ0n) is 12.6. The molecule has 3 aliphatic rings. The molecule has 0 unspecified atom stereocenters. The SMILES string of the molecule is CC(C)(C)OC(=O)N1[C@@H]2CC[C@H]1[C@H](F)[C@H](NC1CC1)C2. The molecular weight excluding hydrogens is 259 g/mol. The molecule has 0 aromatic heterocycles. The van der Waals surface area contributed by atoms with Crippen LogP contribution < -0.4 is 5.32 Å². The van der Waals surface area contributed by atoms with Crippen molar-refractivity contribution in [3.8, 4) is 0 Å². The van der Waals surface area contributed by atoms with Crippen molar-refractivity contribution in [1.82, 2.24) is 10.2 Å². The summed E-state index contributed by atoms with van der Waals surface area (Å²) in [5.74, 6) is 0. The molecule has 4 nitrogen and oxygen atoms in total. The van der Waals surface area contributed by atoms with E-state index in [2.05, 4.69) is 5.32 Å². The summed E-state index contributed by atoms with van der Waals surface area (Å²) < 4.78 is 20.1. The van der Waals surface area contributed by atoms with Gasteiger partial charge in [-0.25, -0.2) is 9.18 Å². The Morgan fingerprint density at radius 3 is 2.55 bits per heavy atom. The van der Waals surface area contributed by atoms with Crippen molar-refractivity contribution in [2.75, 3.05) is 0 Å². The Morgan fingerprint density at radius 1 is 1.25 bits per heavy atom. The first kappa shape index (κ1) is 14.1. The summed E-state index contributed by atoms with van der Waals surface area (Å²) in [6.45, 7) is 5.55. The van der Waals surface area contributed by atoms with Gasteiger partial charge in [-0.05, 0) is 52.9 Å². The quantitative estimate of drug-likeness (QED) is 0.847. The first-order chi connectivity index (χ1) is 9.35. The number of amides is 1. The lowest BCUT2D eigenvalue weighted by atomic mass is 9.95. The van der Waals surface area contributed by atoms with Crippen LogP contribution >= 0.6 is 0 Å². The predicted octanol–water partition coefficient (Wildman–Crippen LogP) is 2.62. The van der Waals surface area contributed by atoms with E-state index in [1.807, 2.05) is 20.8 Å². The molecule has 20 heavy (non-hydrogen) atoms. The highest BCUT2D eigenvalue weighted by Gasteiger charge is 2.51. The minimum atomic E-state index is -0.970. The van der Waals surface area contributed by atoms with E-state index in [1.54, 1.807) is 4.90 Å². The average molecular weight is 284 g/mol. The van der Waals surface area contributed by atoms with Gasteiger partial charge in [-0.1, -0.05) is 0 Å². The van der Waals surface area contributed by atoms with Crippen molar-refractivity contribution < 1.29 is 13.9 Å². The average Bonchev–Trinajstić information content (AvgIpc) is 3.04. The van der Waals surface area contributed by atoms with Crippen LogP contribution in [0.25, 0.3) is 0 Å². The van der Waals surface area contributed by atoms with E-state index < -0.39 is 11.8 Å². The highest BCUT2D eigenvalue weighted by molar-refractivity contribution is 5.70. The zero-order valence-corrected chi connectivity index (χ0v) is 12.6. The highest BCUT2D eigenvalue weighted by Crippen LogP contribution is 2.39. The fourth-order valence-electron chi connectivity index (χ4n) is 3.46. The molecule has 1 N–H and O–H groups in total. The smallest absolute Gasteiger partial charge is 0.410 e. The Labute approximate surface area is 120 Å². The van der Waals surface area contributed by atoms with Crippen LogP contribution in [0.3, 0.4) is 0 Å². The van der Waals surface area contributed by atoms with Gasteiger partial charge in [-0.15, -0.1) is 0 Å². The molecule has 0 radical (unpaired) electrons. The second-order valence-electron chi connectivity index (χ2n) is 7.41. The summed E-state index contributed by atoms with van der Waals surface area (Å²) in [6.07, 6.45) is 3.37. The molecular formula is C15H25FN2O2. The van der Waals surface area contributed by atoms with Crippen molar-refractivity contribution in [1.29, 1.82) is 0 Å². The summed E-state index contributed by atoms with van der Waals surface area (Å²) in [4.78, 5) is 13.9. The van der Waals surface area contributed by atoms with E-state index in [4.69, 9.17) is 4.74 Å². The number of hydrogen-bond acceptors (Lipinski definition) is 3. The van der Waals surface area contributed by atoms with Gasteiger partial charge in [0.2, 0.25) is 0 Å². The maximum atomic E-state index is 14.7. The molecule has 1 saturated carbocycles. The van der Waals surface area contributed by atoms with Crippen LogP contribution in [0.1, 0.15) is 52.9 Å². The van der Waals surface area contributed by atoms with E-state index in [0.29, 0.717) is 12.5 Å². The van der Waals surface area contributed by atoms with E-state index in [1.165, 1.54) is 0 Å². The lowest BCUT2D eigenvalue weighted by Crippen LogP contribution is -2.59. The van der Waals surface area contributed by atoms with E-state index in [-0.39, 0.29) is 24.2 Å². The van der Waals surface area contributed by atoms with Gasteiger partial charge in [0.15, 0.2) is 0 Å². The normalized spacial score (nSPS) is 37.1. The molecule has 2 saturated heterocycles. The van der Waals surface area contributed by atoms with Gasteiger partial charge in [0.1, 0.15) is 11.8 Å². The van der Waals surface area contributed by atoms with Gasteiger partial charge in [0, 0.05) is 18.1 Å². The third kappa shape index (κ3) is 2.78. The molecule has 1 amide bonds. The maximum absolute atomic E-state index is 14.7. The summed E-state index contributed by atoms with van der Waals surface area (Å²) in [5, 5.41) is 3.40. The maximum Gasteiger partial charge on any atom is 0.410 e. The first-order valence-electron chi connectivity index (χ1n) is 7.76. The number of hydrogen-bond donors (Lipinski definition) is 1. The van der Waals surface area contributed by atoms with Crippen molar-refractivity contribution in [3.63, 3.8) is 0 Å². The van der Waals surface area contributed by atoms with Gasteiger partial charge in [0.25, 0.3) is 0 Å². The number of alkyl halides is 1. The molecule has 2 aliphatic heterocycles. The monoisotopic (exact) mass is 284 g/mol. The molecule has 0 aromatic rings. The minimum absolute atomic E-state index is 0.0845. The number of nitrogens with zero attached hydrogens (tertiary/aromatic N) is 1. The predicted molar refractivity (Wildman–Crippen MR) is 74.3 cm³/mol. The van der Waals surface area contributed by atoms with E-state index in [9.17, 15) is 9.18 Å². The molecule has 2 heterocycles. The van der Waals surface area contributed by atoms with Crippen molar-refractivity contribution >= 4 is 6.09 Å². The second-order valence-corrected chi connectivity index (χ2v) is 7.41. The Morgan fingerprint density at radius 2 is 1.95 bits per heavy atom. The molecule has 3 fully saturated rings. The van der Waals surface area contributed by atoms with Crippen LogP contribution in [-0.2, 0) is 4.74 Å². The van der Waals surface area contributed by atoms with Crippen LogP contribution in [0.15, 0.2) is 0 Å². The zero-order chi connectivity index (χ0) is 14.5. The largest absolute Gasteiger partial charge is 0.444 e. The Balaban J connectivity index is 1.67. The Kier molecular flexibility index (Phi) is 3.43. The Hall–Kier alpha value is -0.840. The summed E-state index contributed by atoms with van der Waals surface area (Å²) in [7, 11) is 0. The number of rotatable bonds is 2. The fraction of sp³-hybridized carbons (Fsp3) is 0.933. The van der Waals surface area contributed by atoms with Crippen LogP contribution in [0, 0.1) is 0 Å². The molecule has 1 aliphatic carbocycles. The molecule has 5 heteroatoms. The number of carbonyl (C=O) groups excluding carboxylic acids is 1. The van der Waals surface area contributed by atoms with Crippen molar-refractivity contribution in [2.45, 2.75) is 88.8 Å². The van der Waals surface area contributed by atoms with Crippen molar-refractivity contribution in [2.24, 2.45) is 0 Å². The number of piperidine rings is 1. The van der Waals surface area contributed by atoms with E-state index in [0.717, 1.165) is 25.7 Å². The summed E-state index contributed by atoms with van der Waals surface area (Å²) in [5.41, 5.74) is -0.522. The standard InChI is InChI=1S/C15H25FN2O2/c1-15(2,3)20-14(19)18-10-6-7-12(18)13(16)11(8-10)17-9-4-5-9/h9-13,17H,4-8H2,1-3H3/t10-,11-,12+,13-/m1/s1. The number of ether oxygens (including phenoxy) is 1. The van der Waals surface area contributed by atoms with Crippen LogP contribution in [0.5, 0.6) is 0 Å². The Bertz CT molecular complexity index is 392. The second kappa shape index (κ2) is 4.86. The summed E-state index contributed by atoms with van der Waals surface area (Å²) >= 11 is 0. The van der Waals surface area contributed by atoms with Crippen LogP contribution in [0.2, 0.25) is 0 Å². The van der Waals surface area contributed by atoms with Crippen LogP contribution in [-0.4, -0.2) is 46.9 Å². The van der Waals surface area contributed by atoms with Crippen LogP contribution in [0.4, 0.5) is 9.18 Å². The van der Waals surface area contributed by atoms with Gasteiger partial charge in [-0.3, -0.25) is 4.90 Å². The topological polar surface area (TPSA) is 41.6 Å². The molecule has 3 rings (SSSR count). The molecule has 2 bridgehead atoms. The highest BCUT2D eigenvalue weighted by atomic mass is 19.1. The lowest BCUT2D eigenvalue weighted by Gasteiger charge is -2.41. The first-order valence-corrected chi connectivity index (χ1v) is 7.76. The van der Waals surface area contributed by atoms with Gasteiger partial charge >= 0.3 is 6.09 Å². The lowest BCUT2D eigenvalue weighted by molar-refractivity contribution is -0.0135. The minimum Gasteiger partial charge on any atom is -0.444 e. The van der Waals surface area contributed by atoms with Gasteiger partial charge < -0.3 is 10.1 Å². The number of halogens is 1. The molecule has 114 valence electrons. The van der Waals surface area contributed by atoms with Gasteiger partial charge in [0.05, 0.1) is 6.04 Å². The third-order valence-corrected chi connectivity index (χ3v) is 4.46. The molecule has 4 atom stereocenters. The number of nitrogens with one attached hydrogen (secondary N) is 1. The van der Waals surface area contributed by atoms with Gasteiger partial charge in [-0.2, -0.15) is 0 Å².